The minimum atomic E-state index is 0. The molecule has 0 aromatic heterocycles. The molecular weight excluding hydrogens is 442 g/mol. The van der Waals surface area contributed by atoms with Crippen LogP contribution in [0, 0.1) is 26.6 Å². The quantitative estimate of drug-likeness (QED) is 0.298. The van der Waals surface area contributed by atoms with Crippen molar-refractivity contribution in [1.82, 2.24) is 10.2 Å². The van der Waals surface area contributed by atoms with Gasteiger partial charge in [-0.05, 0) is 17.8 Å². The third-order valence-electron chi connectivity index (χ3n) is 2.81. The Morgan fingerprint density at radius 3 is 1.81 bits per heavy atom. The molecule has 1 unspecified atom stereocenters. The van der Waals surface area contributed by atoms with Crippen LogP contribution in [0.5, 0.6) is 0 Å². The summed E-state index contributed by atoms with van der Waals surface area (Å²) < 4.78 is 35.4. The molecule has 1 fully saturated rings. The van der Waals surface area contributed by atoms with E-state index in [1.54, 1.807) is 0 Å². The maximum absolute atomic E-state index is 7.50. The Morgan fingerprint density at radius 1 is 1.00 bits per heavy atom. The molecule has 0 radical (unpaired) electrons. The zero-order chi connectivity index (χ0) is 20.1. The number of hydrogen-bond donors (Lipinski definition) is 2. The second-order valence-corrected chi connectivity index (χ2v) is 4.41. The first-order valence-electron chi connectivity index (χ1n) is 6.52. The zero-order valence-corrected chi connectivity index (χ0v) is 16.5. The molecule has 0 aliphatic carbocycles. The standard InChI is InChI=1S/C12H17N3OS.4CO.Mo/c13-12(17)14-11(10-4-2-1-3-5-10)15-6-8-16-9-7-15;4*1-2;/h1-5,11H,6-9H2,(H3,13,14,17);;;;;. The van der Waals surface area contributed by atoms with Crippen molar-refractivity contribution in [2.45, 2.75) is 6.17 Å². The summed E-state index contributed by atoms with van der Waals surface area (Å²) in [5, 5.41) is 3.47. The average molecular weight is 459 g/mol. The number of ether oxygens (including phenoxy) is 1. The molecule has 0 bridgehead atoms. The van der Waals surface area contributed by atoms with Gasteiger partial charge in [0.1, 0.15) is 6.17 Å². The van der Waals surface area contributed by atoms with Gasteiger partial charge in [-0.1, -0.05) is 30.3 Å². The zero-order valence-electron chi connectivity index (χ0n) is 13.7. The summed E-state index contributed by atoms with van der Waals surface area (Å²) in [6, 6.07) is 10.2. The molecule has 26 heavy (non-hydrogen) atoms. The van der Waals surface area contributed by atoms with Crippen LogP contribution in [0.4, 0.5) is 0 Å². The van der Waals surface area contributed by atoms with Crippen LogP contribution in [-0.4, -0.2) is 36.3 Å². The maximum atomic E-state index is 7.50. The van der Waals surface area contributed by atoms with Gasteiger partial charge in [-0.25, -0.2) is 0 Å². The molecule has 1 atom stereocenters. The van der Waals surface area contributed by atoms with Gasteiger partial charge in [0.05, 0.1) is 13.2 Å². The molecule has 0 saturated carbocycles. The first-order valence-corrected chi connectivity index (χ1v) is 6.92. The Hall–Kier alpha value is -1.52. The largest absolute Gasteiger partial charge is 0 e. The van der Waals surface area contributed by atoms with Crippen LogP contribution in [-0.2, 0) is 44.4 Å². The van der Waals surface area contributed by atoms with Gasteiger partial charge in [0.25, 0.3) is 0 Å². The molecule has 10 heteroatoms. The second kappa shape index (κ2) is 25.7. The number of nitrogens with one attached hydrogen (secondary N) is 1. The number of nitrogens with zero attached hydrogens (tertiary/aromatic N) is 1. The van der Waals surface area contributed by atoms with Crippen LogP contribution in [0.1, 0.15) is 11.7 Å². The first kappa shape index (κ1) is 32.2. The van der Waals surface area contributed by atoms with Crippen molar-refractivity contribution in [1.29, 1.82) is 0 Å². The van der Waals surface area contributed by atoms with Gasteiger partial charge in [-0.2, -0.15) is 0 Å². The van der Waals surface area contributed by atoms with E-state index >= 15 is 0 Å². The predicted octanol–water partition coefficient (Wildman–Crippen LogP) is 0.698. The van der Waals surface area contributed by atoms with E-state index in [-0.39, 0.29) is 27.2 Å². The topological polar surface area (TPSA) is 130 Å². The molecule has 138 valence electrons. The van der Waals surface area contributed by atoms with Gasteiger partial charge in [-0.15, -0.1) is 0 Å². The summed E-state index contributed by atoms with van der Waals surface area (Å²) >= 11 is 4.95. The molecule has 3 N–H and O–H groups in total. The van der Waals surface area contributed by atoms with E-state index in [0.29, 0.717) is 5.11 Å². The summed E-state index contributed by atoms with van der Waals surface area (Å²) in [7, 11) is 0. The van der Waals surface area contributed by atoms with Gasteiger partial charge < -0.3 is 15.8 Å². The fourth-order valence-corrected chi connectivity index (χ4v) is 2.10. The van der Waals surface area contributed by atoms with Crippen molar-refractivity contribution in [2.24, 2.45) is 5.73 Å². The summed E-state index contributed by atoms with van der Waals surface area (Å²) in [6.07, 6.45) is 0.0394. The van der Waals surface area contributed by atoms with Gasteiger partial charge in [0.15, 0.2) is 5.11 Å². The fourth-order valence-electron chi connectivity index (χ4n) is 1.99. The SMILES string of the molecule is NC(=S)NC(c1ccccc1)N1CCOCC1.[C-]#[O+].[C-]#[O+].[C-]#[O+].[C-]#[O+].[Mo]. The Morgan fingerprint density at radius 2 is 1.42 bits per heavy atom. The second-order valence-electron chi connectivity index (χ2n) is 3.97. The molecule has 1 aliphatic heterocycles. The number of rotatable bonds is 3. The minimum Gasteiger partial charge on any atom is 0 e. The van der Waals surface area contributed by atoms with Crippen molar-refractivity contribution in [3.05, 3.63) is 62.5 Å². The fraction of sp³-hybridized carbons (Fsp3) is 0.312. The summed E-state index contributed by atoms with van der Waals surface area (Å²) in [5.41, 5.74) is 6.77. The molecule has 1 aliphatic rings. The van der Waals surface area contributed by atoms with Gasteiger partial charge in [0, 0.05) is 34.2 Å². The van der Waals surface area contributed by atoms with Crippen molar-refractivity contribution < 1.29 is 44.4 Å². The van der Waals surface area contributed by atoms with Gasteiger partial charge in [-0.3, -0.25) is 4.90 Å². The monoisotopic (exact) mass is 461 g/mol. The molecule has 2 rings (SSSR count). The molecule has 0 amide bonds. The molecule has 1 aromatic carbocycles. The smallest absolute Gasteiger partial charge is 0 e. The summed E-state index contributed by atoms with van der Waals surface area (Å²) in [4.78, 5) is 2.29. The van der Waals surface area contributed by atoms with Crippen LogP contribution in [0.3, 0.4) is 0 Å². The maximum Gasteiger partial charge on any atom is 0 e. The van der Waals surface area contributed by atoms with Crippen molar-refractivity contribution in [3.8, 4) is 0 Å². The van der Waals surface area contributed by atoms with E-state index in [9.17, 15) is 0 Å². The van der Waals surface area contributed by atoms with Gasteiger partial charge in [0.2, 0.25) is 0 Å². The normalized spacial score (nSPS) is 12.5. The van der Waals surface area contributed by atoms with Crippen LogP contribution >= 0.6 is 12.2 Å². The predicted molar refractivity (Wildman–Crippen MR) is 87.2 cm³/mol. The van der Waals surface area contributed by atoms with Gasteiger partial charge >= 0.3 is 45.2 Å². The number of morpholine rings is 1. The molecule has 1 aromatic rings. The molecule has 0 spiro atoms. The minimum absolute atomic E-state index is 0. The van der Waals surface area contributed by atoms with Crippen molar-refractivity contribution in [3.63, 3.8) is 0 Å². The van der Waals surface area contributed by atoms with Crippen LogP contribution in [0.15, 0.2) is 30.3 Å². The third kappa shape index (κ3) is 14.8. The van der Waals surface area contributed by atoms with Crippen LogP contribution in [0.2, 0.25) is 0 Å². The Balaban J connectivity index is -0.000000238. The molecule has 1 saturated heterocycles. The Labute approximate surface area is 172 Å². The van der Waals surface area contributed by atoms with Crippen LogP contribution in [0.25, 0.3) is 0 Å². The van der Waals surface area contributed by atoms with Crippen molar-refractivity contribution >= 4 is 17.3 Å². The number of thiocarbonyl (C=S) groups is 1. The Bertz CT molecular complexity index is 507. The van der Waals surface area contributed by atoms with E-state index in [4.69, 9.17) is 41.3 Å². The average Bonchev–Trinajstić information content (AvgIpc) is 2.73. The Kier molecular flexibility index (Phi) is 31.8. The van der Waals surface area contributed by atoms with E-state index in [2.05, 4.69) is 49.0 Å². The number of hydrogen-bond acceptors (Lipinski definition) is 3. The summed E-state index contributed by atoms with van der Waals surface area (Å²) in [6.45, 7) is 21.3. The van der Waals surface area contributed by atoms with E-state index in [1.165, 1.54) is 5.56 Å². The van der Waals surface area contributed by atoms with Crippen LogP contribution < -0.4 is 11.1 Å². The summed E-state index contributed by atoms with van der Waals surface area (Å²) in [5.74, 6) is 0. The number of benzene rings is 1. The first-order chi connectivity index (χ1) is 12.3. The molecular formula is C16H17MoN3O5S. The van der Waals surface area contributed by atoms with E-state index in [0.717, 1.165) is 26.3 Å². The molecule has 1 heterocycles. The van der Waals surface area contributed by atoms with Crippen molar-refractivity contribution in [2.75, 3.05) is 26.3 Å². The molecule has 8 nitrogen and oxygen atoms in total. The van der Waals surface area contributed by atoms with E-state index < -0.39 is 0 Å². The number of nitrogens with two attached hydrogens (primary N) is 1. The van der Waals surface area contributed by atoms with E-state index in [1.807, 2.05) is 18.2 Å². The third-order valence-corrected chi connectivity index (χ3v) is 2.92.